The molecule has 0 aromatic rings. The van der Waals surface area contributed by atoms with Crippen LogP contribution in [0.3, 0.4) is 0 Å². The van der Waals surface area contributed by atoms with Gasteiger partial charge < -0.3 is 16.8 Å². The Morgan fingerprint density at radius 1 is 1.38 bits per heavy atom. The van der Waals surface area contributed by atoms with Gasteiger partial charge in [-0.05, 0) is 5.92 Å². The Kier molecular flexibility index (Phi) is 5.06. The number of primary amides is 1. The van der Waals surface area contributed by atoms with Crippen LogP contribution in [0.5, 0.6) is 0 Å². The van der Waals surface area contributed by atoms with Crippen LogP contribution in [0, 0.1) is 5.92 Å². The fourth-order valence-corrected chi connectivity index (χ4v) is 0.870. The van der Waals surface area contributed by atoms with Crippen molar-refractivity contribution in [3.63, 3.8) is 0 Å². The maximum absolute atomic E-state index is 11.2. The lowest BCUT2D eigenvalue weighted by molar-refractivity contribution is -0.127. The molecule has 0 rings (SSSR count). The highest BCUT2D eigenvalue weighted by molar-refractivity contribution is 5.86. The van der Waals surface area contributed by atoms with E-state index in [1.54, 1.807) is 0 Å². The van der Waals surface area contributed by atoms with Gasteiger partial charge in [0.25, 0.3) is 0 Å². The number of nitrogens with two attached hydrogens (primary N) is 2. The van der Waals surface area contributed by atoms with Gasteiger partial charge >= 0.3 is 0 Å². The molecule has 13 heavy (non-hydrogen) atoms. The zero-order valence-corrected chi connectivity index (χ0v) is 8.04. The van der Waals surface area contributed by atoms with Crippen molar-refractivity contribution in [1.82, 2.24) is 5.32 Å². The maximum atomic E-state index is 11.2. The lowest BCUT2D eigenvalue weighted by atomic mass is 10.1. The lowest BCUT2D eigenvalue weighted by Gasteiger charge is -2.13. The minimum Gasteiger partial charge on any atom is -0.368 e. The average Bonchev–Trinajstić information content (AvgIpc) is 1.98. The van der Waals surface area contributed by atoms with Gasteiger partial charge in [0, 0.05) is 13.0 Å². The van der Waals surface area contributed by atoms with Crippen molar-refractivity contribution >= 4 is 11.8 Å². The van der Waals surface area contributed by atoms with Gasteiger partial charge in [0.1, 0.15) is 6.04 Å². The molecule has 5 nitrogen and oxygen atoms in total. The molecule has 2 amide bonds. The third kappa shape index (κ3) is 5.19. The fourth-order valence-electron chi connectivity index (χ4n) is 0.870. The number of carbonyl (C=O) groups is 2. The second-order valence-corrected chi connectivity index (χ2v) is 3.36. The monoisotopic (exact) mass is 187 g/mol. The van der Waals surface area contributed by atoms with Crippen molar-refractivity contribution in [3.8, 4) is 0 Å². The summed E-state index contributed by atoms with van der Waals surface area (Å²) in [6.45, 7) is 3.88. The minimum atomic E-state index is -0.744. The van der Waals surface area contributed by atoms with Crippen LogP contribution < -0.4 is 16.8 Å². The molecule has 0 saturated carbocycles. The Hall–Kier alpha value is -1.10. The third-order valence-electron chi connectivity index (χ3n) is 1.51. The molecule has 1 atom stereocenters. The summed E-state index contributed by atoms with van der Waals surface area (Å²) in [6.07, 6.45) is 0.379. The van der Waals surface area contributed by atoms with Gasteiger partial charge in [-0.1, -0.05) is 13.8 Å². The van der Waals surface area contributed by atoms with Crippen LogP contribution in [0.1, 0.15) is 20.3 Å². The van der Waals surface area contributed by atoms with Crippen molar-refractivity contribution in [3.05, 3.63) is 0 Å². The summed E-state index contributed by atoms with van der Waals surface area (Å²) in [6, 6.07) is -0.744. The number of carbonyl (C=O) groups excluding carboxylic acids is 2. The molecule has 0 radical (unpaired) electrons. The second-order valence-electron chi connectivity index (χ2n) is 3.36. The van der Waals surface area contributed by atoms with E-state index in [0.29, 0.717) is 6.42 Å². The van der Waals surface area contributed by atoms with E-state index < -0.39 is 11.9 Å². The predicted octanol–water partition coefficient (Wildman–Crippen LogP) is -1.04. The van der Waals surface area contributed by atoms with Gasteiger partial charge in [-0.3, -0.25) is 9.59 Å². The normalized spacial score (nSPS) is 12.6. The zero-order valence-electron chi connectivity index (χ0n) is 8.04. The van der Waals surface area contributed by atoms with Crippen LogP contribution in [0.15, 0.2) is 0 Å². The summed E-state index contributed by atoms with van der Waals surface area (Å²) in [4.78, 5) is 21.8. The van der Waals surface area contributed by atoms with Crippen LogP contribution in [0.4, 0.5) is 0 Å². The van der Waals surface area contributed by atoms with E-state index in [2.05, 4.69) is 5.32 Å². The van der Waals surface area contributed by atoms with Crippen LogP contribution in [-0.4, -0.2) is 24.4 Å². The molecule has 0 saturated heterocycles. The van der Waals surface area contributed by atoms with E-state index in [1.165, 1.54) is 0 Å². The van der Waals surface area contributed by atoms with Gasteiger partial charge in [0.05, 0.1) is 0 Å². The average molecular weight is 187 g/mol. The van der Waals surface area contributed by atoms with Gasteiger partial charge in [-0.25, -0.2) is 0 Å². The molecule has 0 aromatic heterocycles. The highest BCUT2D eigenvalue weighted by atomic mass is 16.2. The Balaban J connectivity index is 3.94. The summed E-state index contributed by atoms with van der Waals surface area (Å²) >= 11 is 0. The SMILES string of the molecule is CC(C)CC(=O)N[C@H](CN)C(N)=O. The molecular weight excluding hydrogens is 170 g/mol. The molecule has 0 aliphatic carbocycles. The van der Waals surface area contributed by atoms with Gasteiger partial charge in [-0.15, -0.1) is 0 Å². The van der Waals surface area contributed by atoms with Crippen LogP contribution in [-0.2, 0) is 9.59 Å². The van der Waals surface area contributed by atoms with E-state index in [9.17, 15) is 9.59 Å². The highest BCUT2D eigenvalue weighted by Crippen LogP contribution is 1.98. The molecule has 0 aromatic carbocycles. The molecule has 5 heteroatoms. The standard InChI is InChI=1S/C8H17N3O2/c1-5(2)3-7(12)11-6(4-9)8(10)13/h5-6H,3-4,9H2,1-2H3,(H2,10,13)(H,11,12)/t6-/m1/s1. The van der Waals surface area contributed by atoms with Crippen LogP contribution >= 0.6 is 0 Å². The van der Waals surface area contributed by atoms with E-state index >= 15 is 0 Å². The van der Waals surface area contributed by atoms with E-state index in [0.717, 1.165) is 0 Å². The van der Waals surface area contributed by atoms with E-state index in [4.69, 9.17) is 11.5 Å². The van der Waals surface area contributed by atoms with Gasteiger partial charge in [0.15, 0.2) is 0 Å². The topological polar surface area (TPSA) is 98.2 Å². The lowest BCUT2D eigenvalue weighted by Crippen LogP contribution is -2.49. The van der Waals surface area contributed by atoms with E-state index in [-0.39, 0.29) is 18.4 Å². The van der Waals surface area contributed by atoms with Crippen molar-refractivity contribution in [2.75, 3.05) is 6.54 Å². The Labute approximate surface area is 77.8 Å². The molecule has 76 valence electrons. The Morgan fingerprint density at radius 3 is 2.23 bits per heavy atom. The highest BCUT2D eigenvalue weighted by Gasteiger charge is 2.16. The summed E-state index contributed by atoms with van der Waals surface area (Å²) < 4.78 is 0. The maximum Gasteiger partial charge on any atom is 0.241 e. The minimum absolute atomic E-state index is 0.0408. The molecule has 0 aliphatic rings. The quantitative estimate of drug-likeness (QED) is 0.512. The summed E-state index contributed by atoms with van der Waals surface area (Å²) in [5.74, 6) is -0.532. The van der Waals surface area contributed by atoms with Crippen molar-refractivity contribution in [2.45, 2.75) is 26.3 Å². The second kappa shape index (κ2) is 5.53. The first-order valence-corrected chi connectivity index (χ1v) is 4.26. The van der Waals surface area contributed by atoms with Gasteiger partial charge in [0.2, 0.25) is 11.8 Å². The van der Waals surface area contributed by atoms with Crippen molar-refractivity contribution in [1.29, 1.82) is 0 Å². The first kappa shape index (κ1) is 11.9. The number of rotatable bonds is 5. The predicted molar refractivity (Wildman–Crippen MR) is 49.6 cm³/mol. The van der Waals surface area contributed by atoms with Crippen LogP contribution in [0.25, 0.3) is 0 Å². The molecule has 0 unspecified atom stereocenters. The van der Waals surface area contributed by atoms with Gasteiger partial charge in [-0.2, -0.15) is 0 Å². The fraction of sp³-hybridized carbons (Fsp3) is 0.750. The van der Waals surface area contributed by atoms with E-state index in [1.807, 2.05) is 13.8 Å². The molecule has 0 heterocycles. The molecule has 0 spiro atoms. The number of hydrogen-bond acceptors (Lipinski definition) is 3. The summed E-state index contributed by atoms with van der Waals surface area (Å²) in [5, 5.41) is 2.46. The molecular formula is C8H17N3O2. The zero-order chi connectivity index (χ0) is 10.4. The third-order valence-corrected chi connectivity index (χ3v) is 1.51. The number of hydrogen-bond donors (Lipinski definition) is 3. The summed E-state index contributed by atoms with van der Waals surface area (Å²) in [7, 11) is 0. The smallest absolute Gasteiger partial charge is 0.241 e. The largest absolute Gasteiger partial charge is 0.368 e. The first-order chi connectivity index (χ1) is 5.97. The van der Waals surface area contributed by atoms with Crippen molar-refractivity contribution < 1.29 is 9.59 Å². The molecule has 0 fully saturated rings. The van der Waals surface area contributed by atoms with Crippen LogP contribution in [0.2, 0.25) is 0 Å². The summed E-state index contributed by atoms with van der Waals surface area (Å²) in [5.41, 5.74) is 10.2. The number of nitrogens with one attached hydrogen (secondary N) is 1. The molecule has 0 aliphatic heterocycles. The molecule has 0 bridgehead atoms. The Bertz CT molecular complexity index is 192. The first-order valence-electron chi connectivity index (χ1n) is 4.26. The number of amides is 2. The molecule has 5 N–H and O–H groups in total. The Morgan fingerprint density at radius 2 is 1.92 bits per heavy atom. The van der Waals surface area contributed by atoms with Crippen molar-refractivity contribution in [2.24, 2.45) is 17.4 Å².